The number of nitrogens with zero attached hydrogens (tertiary/aromatic N) is 1. The highest BCUT2D eigenvalue weighted by atomic mass is 35.5. The van der Waals surface area contributed by atoms with Crippen molar-refractivity contribution in [1.29, 1.82) is 0 Å². The predicted octanol–water partition coefficient (Wildman–Crippen LogP) is 4.97. The number of halogens is 3. The Bertz CT molecular complexity index is 669. The van der Waals surface area contributed by atoms with Crippen LogP contribution >= 0.6 is 47.0 Å². The van der Waals surface area contributed by atoms with Gasteiger partial charge in [-0.05, 0) is 42.5 Å². The van der Waals surface area contributed by atoms with Crippen LogP contribution < -0.4 is 10.7 Å². The Kier molecular flexibility index (Phi) is 5.82. The van der Waals surface area contributed by atoms with E-state index in [1.54, 1.807) is 30.3 Å². The summed E-state index contributed by atoms with van der Waals surface area (Å²) in [4.78, 5) is 0. The highest BCUT2D eigenvalue weighted by Crippen LogP contribution is 2.22. The van der Waals surface area contributed by atoms with Gasteiger partial charge >= 0.3 is 0 Å². The standard InChI is InChI=1S/C14H10Cl3N3S/c15-9-3-1-4-10(7-9)19-14(21)20-18-8-11-12(16)5-2-6-13(11)17/h1-8H,(H2,19,20,21)/b18-8+. The van der Waals surface area contributed by atoms with Gasteiger partial charge in [0.1, 0.15) is 0 Å². The molecule has 0 saturated carbocycles. The van der Waals surface area contributed by atoms with E-state index in [4.69, 9.17) is 47.0 Å². The van der Waals surface area contributed by atoms with Gasteiger partial charge in [-0.15, -0.1) is 0 Å². The van der Waals surface area contributed by atoms with Crippen molar-refractivity contribution >= 4 is 64.0 Å². The molecule has 0 aliphatic heterocycles. The van der Waals surface area contributed by atoms with Gasteiger partial charge in [0.25, 0.3) is 0 Å². The van der Waals surface area contributed by atoms with Crippen molar-refractivity contribution in [3.63, 3.8) is 0 Å². The molecule has 7 heteroatoms. The molecule has 108 valence electrons. The van der Waals surface area contributed by atoms with Crippen molar-refractivity contribution < 1.29 is 0 Å². The smallest absolute Gasteiger partial charge is 0.191 e. The first-order valence-electron chi connectivity index (χ1n) is 5.86. The molecule has 0 bridgehead atoms. The summed E-state index contributed by atoms with van der Waals surface area (Å²) in [6.45, 7) is 0. The third kappa shape index (κ3) is 4.86. The van der Waals surface area contributed by atoms with Gasteiger partial charge in [-0.2, -0.15) is 5.10 Å². The minimum Gasteiger partial charge on any atom is -0.331 e. The van der Waals surface area contributed by atoms with Crippen molar-refractivity contribution in [2.45, 2.75) is 0 Å². The largest absolute Gasteiger partial charge is 0.331 e. The first-order valence-corrected chi connectivity index (χ1v) is 7.40. The molecule has 0 fully saturated rings. The first-order chi connectivity index (χ1) is 10.1. The summed E-state index contributed by atoms with van der Waals surface area (Å²) in [6, 6.07) is 12.4. The molecule has 2 N–H and O–H groups in total. The molecule has 2 aromatic carbocycles. The molecule has 2 aromatic rings. The maximum absolute atomic E-state index is 6.03. The van der Waals surface area contributed by atoms with E-state index in [0.29, 0.717) is 25.7 Å². The second-order valence-corrected chi connectivity index (χ2v) is 5.63. The number of thiocarbonyl (C=S) groups is 1. The Balaban J connectivity index is 1.96. The van der Waals surface area contributed by atoms with Gasteiger partial charge in [0, 0.05) is 16.3 Å². The molecule has 2 rings (SSSR count). The number of rotatable bonds is 3. The maximum Gasteiger partial charge on any atom is 0.191 e. The van der Waals surface area contributed by atoms with Crippen molar-refractivity contribution in [1.82, 2.24) is 5.43 Å². The van der Waals surface area contributed by atoms with Crippen LogP contribution in [0.1, 0.15) is 5.56 Å². The summed E-state index contributed by atoms with van der Waals surface area (Å²) in [7, 11) is 0. The van der Waals surface area contributed by atoms with Crippen LogP contribution in [0, 0.1) is 0 Å². The third-order valence-electron chi connectivity index (χ3n) is 2.44. The van der Waals surface area contributed by atoms with Crippen LogP contribution in [0.5, 0.6) is 0 Å². The fourth-order valence-corrected chi connectivity index (χ4v) is 2.37. The number of nitrogens with one attached hydrogen (secondary N) is 2. The summed E-state index contributed by atoms with van der Waals surface area (Å²) in [5.41, 5.74) is 4.08. The van der Waals surface area contributed by atoms with Crippen LogP contribution in [0.15, 0.2) is 47.6 Å². The third-order valence-corrected chi connectivity index (χ3v) is 3.53. The molecule has 0 amide bonds. The quantitative estimate of drug-likeness (QED) is 0.462. The van der Waals surface area contributed by atoms with Gasteiger partial charge in [-0.3, -0.25) is 5.43 Å². The van der Waals surface area contributed by atoms with E-state index in [2.05, 4.69) is 15.8 Å². The zero-order valence-corrected chi connectivity index (χ0v) is 13.7. The second-order valence-electron chi connectivity index (χ2n) is 3.97. The number of hydrazone groups is 1. The van der Waals surface area contributed by atoms with Crippen molar-refractivity contribution in [2.75, 3.05) is 5.32 Å². The van der Waals surface area contributed by atoms with Crippen LogP contribution in [-0.2, 0) is 0 Å². The molecule has 0 heterocycles. The van der Waals surface area contributed by atoms with Crippen molar-refractivity contribution in [3.05, 3.63) is 63.1 Å². The summed E-state index contributed by atoms with van der Waals surface area (Å²) >= 11 is 23.1. The SMILES string of the molecule is S=C(N/N=C/c1c(Cl)cccc1Cl)Nc1cccc(Cl)c1. The Labute approximate surface area is 142 Å². The van der Waals surface area contributed by atoms with Crippen molar-refractivity contribution in [2.24, 2.45) is 5.10 Å². The molecule has 0 radical (unpaired) electrons. The minimum absolute atomic E-state index is 0.330. The van der Waals surface area contributed by atoms with Gasteiger partial charge in [-0.1, -0.05) is 46.9 Å². The fourth-order valence-electron chi connectivity index (χ4n) is 1.51. The van der Waals surface area contributed by atoms with Gasteiger partial charge in [0.2, 0.25) is 0 Å². The predicted molar refractivity (Wildman–Crippen MR) is 94.9 cm³/mol. The lowest BCUT2D eigenvalue weighted by Gasteiger charge is -2.07. The van der Waals surface area contributed by atoms with Crippen LogP contribution in [-0.4, -0.2) is 11.3 Å². The molecular weight excluding hydrogens is 349 g/mol. The molecular formula is C14H10Cl3N3S. The van der Waals surface area contributed by atoms with E-state index >= 15 is 0 Å². The van der Waals surface area contributed by atoms with Crippen LogP contribution in [0.2, 0.25) is 15.1 Å². The summed E-state index contributed by atoms with van der Waals surface area (Å²) in [5.74, 6) is 0. The molecule has 0 aromatic heterocycles. The van der Waals surface area contributed by atoms with Gasteiger partial charge in [0.05, 0.1) is 16.3 Å². The highest BCUT2D eigenvalue weighted by molar-refractivity contribution is 7.80. The molecule has 0 spiro atoms. The lowest BCUT2D eigenvalue weighted by molar-refractivity contribution is 1.05. The Morgan fingerprint density at radius 2 is 1.71 bits per heavy atom. The van der Waals surface area contributed by atoms with Gasteiger partial charge < -0.3 is 5.32 Å². The molecule has 0 aliphatic carbocycles. The molecule has 0 aliphatic rings. The first kappa shape index (κ1) is 16.0. The number of hydrogen-bond donors (Lipinski definition) is 2. The number of hydrogen-bond acceptors (Lipinski definition) is 2. The highest BCUT2D eigenvalue weighted by Gasteiger charge is 2.02. The van der Waals surface area contributed by atoms with Gasteiger partial charge in [-0.25, -0.2) is 0 Å². The lowest BCUT2D eigenvalue weighted by atomic mass is 10.2. The molecule has 0 atom stereocenters. The molecule has 3 nitrogen and oxygen atoms in total. The lowest BCUT2D eigenvalue weighted by Crippen LogP contribution is -2.23. The van der Waals surface area contributed by atoms with Crippen molar-refractivity contribution in [3.8, 4) is 0 Å². The average molecular weight is 359 g/mol. The molecule has 21 heavy (non-hydrogen) atoms. The Morgan fingerprint density at radius 3 is 2.38 bits per heavy atom. The maximum atomic E-state index is 6.03. The minimum atomic E-state index is 0.330. The fraction of sp³-hybridized carbons (Fsp3) is 0. The zero-order valence-electron chi connectivity index (χ0n) is 10.6. The molecule has 0 unspecified atom stereocenters. The van der Waals surface area contributed by atoms with E-state index in [-0.39, 0.29) is 0 Å². The number of benzene rings is 2. The Morgan fingerprint density at radius 1 is 1.05 bits per heavy atom. The summed E-state index contributed by atoms with van der Waals surface area (Å²) in [5, 5.41) is 8.94. The normalized spacial score (nSPS) is 10.6. The van der Waals surface area contributed by atoms with Gasteiger partial charge in [0.15, 0.2) is 5.11 Å². The molecule has 0 saturated heterocycles. The topological polar surface area (TPSA) is 36.4 Å². The zero-order chi connectivity index (χ0) is 15.2. The Hall–Kier alpha value is -1.33. The summed E-state index contributed by atoms with van der Waals surface area (Å²) in [6.07, 6.45) is 1.51. The van der Waals surface area contributed by atoms with E-state index in [9.17, 15) is 0 Å². The van der Waals surface area contributed by atoms with Crippen LogP contribution in [0.3, 0.4) is 0 Å². The average Bonchev–Trinajstić information content (AvgIpc) is 2.42. The van der Waals surface area contributed by atoms with Crippen LogP contribution in [0.4, 0.5) is 5.69 Å². The second kappa shape index (κ2) is 7.61. The van der Waals surface area contributed by atoms with E-state index < -0.39 is 0 Å². The summed E-state index contributed by atoms with van der Waals surface area (Å²) < 4.78 is 0. The van der Waals surface area contributed by atoms with E-state index in [1.165, 1.54) is 6.21 Å². The van der Waals surface area contributed by atoms with E-state index in [1.807, 2.05) is 12.1 Å². The monoisotopic (exact) mass is 357 g/mol. The van der Waals surface area contributed by atoms with E-state index in [0.717, 1.165) is 5.69 Å². The van der Waals surface area contributed by atoms with Crippen LogP contribution in [0.25, 0.3) is 0 Å². The number of anilines is 1.